The number of pyridine rings is 1. The molecule has 1 saturated heterocycles. The number of carbonyl (C=O) groups excluding carboxylic acids is 1. The van der Waals surface area contributed by atoms with Crippen molar-refractivity contribution in [2.75, 3.05) is 38.3 Å². The maximum absolute atomic E-state index is 12.0. The molecular formula is C15H23N3O2. The summed E-state index contributed by atoms with van der Waals surface area (Å²) in [6.07, 6.45) is 6.28. The molecule has 2 rings (SSSR count). The fourth-order valence-electron chi connectivity index (χ4n) is 2.40. The molecule has 0 aliphatic carbocycles. The number of methoxy groups -OCH3 is 1. The summed E-state index contributed by atoms with van der Waals surface area (Å²) >= 11 is 0. The van der Waals surface area contributed by atoms with Gasteiger partial charge in [0.2, 0.25) is 0 Å². The molecule has 2 heterocycles. The van der Waals surface area contributed by atoms with Gasteiger partial charge in [0.25, 0.3) is 5.91 Å². The molecular weight excluding hydrogens is 254 g/mol. The molecule has 0 spiro atoms. The van der Waals surface area contributed by atoms with E-state index in [-0.39, 0.29) is 5.91 Å². The van der Waals surface area contributed by atoms with Crippen LogP contribution in [-0.2, 0) is 4.74 Å². The van der Waals surface area contributed by atoms with E-state index in [1.807, 2.05) is 12.1 Å². The van der Waals surface area contributed by atoms with Crippen molar-refractivity contribution in [3.63, 3.8) is 0 Å². The van der Waals surface area contributed by atoms with Gasteiger partial charge in [-0.05, 0) is 37.8 Å². The summed E-state index contributed by atoms with van der Waals surface area (Å²) in [6.45, 7) is 3.40. The lowest BCUT2D eigenvalue weighted by Gasteiger charge is -2.28. The molecule has 5 heteroatoms. The molecule has 0 bridgehead atoms. The standard InChI is InChI=1S/C15H23N3O2/c1-20-11-5-7-17-15(19)14-12-13(6-8-16-14)18-9-3-2-4-10-18/h6,8,12H,2-5,7,9-11H2,1H3,(H,17,19). The largest absolute Gasteiger partial charge is 0.385 e. The molecule has 1 fully saturated rings. The summed E-state index contributed by atoms with van der Waals surface area (Å²) in [5, 5.41) is 2.86. The van der Waals surface area contributed by atoms with Gasteiger partial charge < -0.3 is 15.0 Å². The highest BCUT2D eigenvalue weighted by Gasteiger charge is 2.13. The van der Waals surface area contributed by atoms with Crippen molar-refractivity contribution in [2.24, 2.45) is 0 Å². The average molecular weight is 277 g/mol. The number of piperidine rings is 1. The molecule has 20 heavy (non-hydrogen) atoms. The Morgan fingerprint density at radius 3 is 2.95 bits per heavy atom. The molecule has 0 radical (unpaired) electrons. The van der Waals surface area contributed by atoms with Crippen molar-refractivity contribution >= 4 is 11.6 Å². The Balaban J connectivity index is 1.92. The van der Waals surface area contributed by atoms with Crippen molar-refractivity contribution in [3.8, 4) is 0 Å². The third-order valence-electron chi connectivity index (χ3n) is 3.51. The molecule has 0 aromatic carbocycles. The zero-order chi connectivity index (χ0) is 14.2. The van der Waals surface area contributed by atoms with Gasteiger partial charge in [0, 0.05) is 45.2 Å². The molecule has 0 saturated carbocycles. The van der Waals surface area contributed by atoms with E-state index in [4.69, 9.17) is 4.74 Å². The van der Waals surface area contributed by atoms with E-state index in [2.05, 4.69) is 15.2 Å². The molecule has 1 aliphatic heterocycles. The number of hydrogen-bond acceptors (Lipinski definition) is 4. The van der Waals surface area contributed by atoms with Crippen LogP contribution in [0.3, 0.4) is 0 Å². The Kier molecular flexibility index (Phi) is 5.80. The van der Waals surface area contributed by atoms with Crippen LogP contribution in [0.5, 0.6) is 0 Å². The van der Waals surface area contributed by atoms with E-state index >= 15 is 0 Å². The minimum atomic E-state index is -0.111. The second-order valence-corrected chi connectivity index (χ2v) is 5.05. The fraction of sp³-hybridized carbons (Fsp3) is 0.600. The third kappa shape index (κ3) is 4.20. The summed E-state index contributed by atoms with van der Waals surface area (Å²) in [7, 11) is 1.66. The van der Waals surface area contributed by atoms with E-state index in [0.29, 0.717) is 18.8 Å². The van der Waals surface area contributed by atoms with Crippen LogP contribution >= 0.6 is 0 Å². The van der Waals surface area contributed by atoms with Crippen molar-refractivity contribution in [1.82, 2.24) is 10.3 Å². The van der Waals surface area contributed by atoms with Gasteiger partial charge in [-0.2, -0.15) is 0 Å². The predicted octanol–water partition coefficient (Wildman–Crippen LogP) is 1.84. The summed E-state index contributed by atoms with van der Waals surface area (Å²) in [4.78, 5) is 18.5. The van der Waals surface area contributed by atoms with Crippen molar-refractivity contribution in [1.29, 1.82) is 0 Å². The summed E-state index contributed by atoms with van der Waals surface area (Å²) < 4.78 is 4.95. The minimum absolute atomic E-state index is 0.111. The van der Waals surface area contributed by atoms with Crippen molar-refractivity contribution in [3.05, 3.63) is 24.0 Å². The summed E-state index contributed by atoms with van der Waals surface area (Å²) in [6, 6.07) is 3.87. The first-order chi connectivity index (χ1) is 9.81. The highest BCUT2D eigenvalue weighted by Crippen LogP contribution is 2.19. The first-order valence-electron chi connectivity index (χ1n) is 7.29. The van der Waals surface area contributed by atoms with Gasteiger partial charge in [-0.15, -0.1) is 0 Å². The van der Waals surface area contributed by atoms with Crippen LogP contribution in [0, 0.1) is 0 Å². The SMILES string of the molecule is COCCCNC(=O)c1cc(N2CCCCC2)ccn1. The zero-order valence-electron chi connectivity index (χ0n) is 12.1. The molecule has 0 unspecified atom stereocenters. The lowest BCUT2D eigenvalue weighted by Crippen LogP contribution is -2.30. The van der Waals surface area contributed by atoms with Crippen LogP contribution < -0.4 is 10.2 Å². The maximum atomic E-state index is 12.0. The van der Waals surface area contributed by atoms with Crippen LogP contribution in [0.15, 0.2) is 18.3 Å². The van der Waals surface area contributed by atoms with Gasteiger partial charge in [-0.3, -0.25) is 9.78 Å². The van der Waals surface area contributed by atoms with E-state index in [0.717, 1.165) is 25.2 Å². The number of ether oxygens (including phenoxy) is 1. The second-order valence-electron chi connectivity index (χ2n) is 5.05. The summed E-state index contributed by atoms with van der Waals surface area (Å²) in [5.41, 5.74) is 1.59. The molecule has 1 aromatic heterocycles. The first-order valence-corrected chi connectivity index (χ1v) is 7.29. The first kappa shape index (κ1) is 14.8. The lowest BCUT2D eigenvalue weighted by atomic mass is 10.1. The van der Waals surface area contributed by atoms with Gasteiger partial charge in [0.15, 0.2) is 0 Å². The Hall–Kier alpha value is -1.62. The number of hydrogen-bond donors (Lipinski definition) is 1. The third-order valence-corrected chi connectivity index (χ3v) is 3.51. The lowest BCUT2D eigenvalue weighted by molar-refractivity contribution is 0.0943. The van der Waals surface area contributed by atoms with E-state index < -0.39 is 0 Å². The van der Waals surface area contributed by atoms with Crippen LogP contribution in [-0.4, -0.2) is 44.2 Å². The number of rotatable bonds is 6. The molecule has 110 valence electrons. The van der Waals surface area contributed by atoms with Crippen molar-refractivity contribution in [2.45, 2.75) is 25.7 Å². The Morgan fingerprint density at radius 2 is 2.20 bits per heavy atom. The molecule has 1 N–H and O–H groups in total. The van der Waals surface area contributed by atoms with Gasteiger partial charge in [-0.25, -0.2) is 0 Å². The molecule has 1 aromatic rings. The Labute approximate surface area is 120 Å². The fourth-order valence-corrected chi connectivity index (χ4v) is 2.40. The van der Waals surface area contributed by atoms with Crippen LogP contribution in [0.25, 0.3) is 0 Å². The molecule has 1 amide bonds. The number of aromatic nitrogens is 1. The van der Waals surface area contributed by atoms with Gasteiger partial charge >= 0.3 is 0 Å². The second kappa shape index (κ2) is 7.85. The molecule has 1 aliphatic rings. The van der Waals surface area contributed by atoms with Gasteiger partial charge in [0.05, 0.1) is 0 Å². The normalized spacial score (nSPS) is 15.2. The van der Waals surface area contributed by atoms with Gasteiger partial charge in [0.1, 0.15) is 5.69 Å². The Bertz CT molecular complexity index is 431. The van der Waals surface area contributed by atoms with E-state index in [1.165, 1.54) is 19.3 Å². The maximum Gasteiger partial charge on any atom is 0.269 e. The number of carbonyl (C=O) groups is 1. The topological polar surface area (TPSA) is 54.5 Å². The predicted molar refractivity (Wildman–Crippen MR) is 79.1 cm³/mol. The minimum Gasteiger partial charge on any atom is -0.385 e. The van der Waals surface area contributed by atoms with Crippen molar-refractivity contribution < 1.29 is 9.53 Å². The van der Waals surface area contributed by atoms with E-state index in [9.17, 15) is 4.79 Å². The number of nitrogens with zero attached hydrogens (tertiary/aromatic N) is 2. The molecule has 0 atom stereocenters. The molecule has 5 nitrogen and oxygen atoms in total. The quantitative estimate of drug-likeness (QED) is 0.806. The highest BCUT2D eigenvalue weighted by atomic mass is 16.5. The number of nitrogens with one attached hydrogen (secondary N) is 1. The Morgan fingerprint density at radius 1 is 1.40 bits per heavy atom. The van der Waals surface area contributed by atoms with Crippen LogP contribution in [0.2, 0.25) is 0 Å². The summed E-state index contributed by atoms with van der Waals surface area (Å²) in [5.74, 6) is -0.111. The van der Waals surface area contributed by atoms with Gasteiger partial charge in [-0.1, -0.05) is 0 Å². The smallest absolute Gasteiger partial charge is 0.269 e. The van der Waals surface area contributed by atoms with E-state index in [1.54, 1.807) is 13.3 Å². The highest BCUT2D eigenvalue weighted by molar-refractivity contribution is 5.93. The number of anilines is 1. The average Bonchev–Trinajstić information content (AvgIpc) is 2.52. The zero-order valence-corrected chi connectivity index (χ0v) is 12.1. The van der Waals surface area contributed by atoms with Crippen LogP contribution in [0.1, 0.15) is 36.2 Å². The monoisotopic (exact) mass is 277 g/mol. The number of amides is 1. The van der Waals surface area contributed by atoms with Crippen LogP contribution in [0.4, 0.5) is 5.69 Å².